The van der Waals surface area contributed by atoms with Gasteiger partial charge in [0.05, 0.1) is 11.0 Å². The minimum Gasteiger partial charge on any atom is -0.330 e. The lowest BCUT2D eigenvalue weighted by atomic mass is 10.2. The van der Waals surface area contributed by atoms with Gasteiger partial charge in [0.25, 0.3) is 5.91 Å². The lowest BCUT2D eigenvalue weighted by molar-refractivity contribution is 0.102. The number of hydrogen-bond acceptors (Lipinski definition) is 5. The van der Waals surface area contributed by atoms with E-state index < -0.39 is 0 Å². The Bertz CT molecular complexity index is 1100. The Labute approximate surface area is 149 Å². The van der Waals surface area contributed by atoms with E-state index in [1.54, 1.807) is 21.5 Å². The van der Waals surface area contributed by atoms with Crippen molar-refractivity contribution in [1.82, 2.24) is 24.8 Å². The van der Waals surface area contributed by atoms with Crippen LogP contribution < -0.4 is 11.1 Å². The third-order valence-electron chi connectivity index (χ3n) is 4.34. The van der Waals surface area contributed by atoms with E-state index in [0.29, 0.717) is 30.0 Å². The van der Waals surface area contributed by atoms with Gasteiger partial charge in [0.15, 0.2) is 5.82 Å². The smallest absolute Gasteiger partial charge is 0.256 e. The predicted octanol–water partition coefficient (Wildman–Crippen LogP) is 1.92. The predicted molar refractivity (Wildman–Crippen MR) is 99.9 cm³/mol. The molecule has 0 spiro atoms. The van der Waals surface area contributed by atoms with Crippen LogP contribution >= 0.6 is 0 Å². The molecule has 26 heavy (non-hydrogen) atoms. The normalized spacial score (nSPS) is 11.3. The van der Waals surface area contributed by atoms with Crippen LogP contribution in [0.1, 0.15) is 16.8 Å². The highest BCUT2D eigenvalue weighted by Crippen LogP contribution is 2.22. The number of para-hydroxylation sites is 1. The molecule has 8 heteroatoms. The number of nitrogens with two attached hydrogens (primary N) is 1. The highest BCUT2D eigenvalue weighted by molar-refractivity contribution is 6.09. The molecule has 4 aromatic rings. The number of carbonyl (C=O) groups excluding carboxylic acids is 1. The van der Waals surface area contributed by atoms with Crippen LogP contribution in [0, 0.1) is 0 Å². The molecule has 0 aliphatic carbocycles. The van der Waals surface area contributed by atoms with E-state index in [2.05, 4.69) is 20.7 Å². The molecule has 0 bridgehead atoms. The number of benzene rings is 2. The van der Waals surface area contributed by atoms with Gasteiger partial charge in [0.2, 0.25) is 0 Å². The summed E-state index contributed by atoms with van der Waals surface area (Å²) >= 11 is 0. The zero-order chi connectivity index (χ0) is 18.1. The van der Waals surface area contributed by atoms with Crippen LogP contribution in [0.25, 0.3) is 21.9 Å². The first-order valence-electron chi connectivity index (χ1n) is 8.44. The number of nitrogens with zero attached hydrogens (tertiary/aromatic N) is 5. The van der Waals surface area contributed by atoms with E-state index in [-0.39, 0.29) is 5.91 Å². The van der Waals surface area contributed by atoms with Gasteiger partial charge < -0.3 is 11.1 Å². The number of rotatable bonds is 5. The summed E-state index contributed by atoms with van der Waals surface area (Å²) in [6.07, 6.45) is 0.827. The number of aryl methyl sites for hydroxylation is 2. The molecule has 2 heterocycles. The van der Waals surface area contributed by atoms with Crippen LogP contribution in [0.4, 0.5) is 5.82 Å². The molecule has 8 nitrogen and oxygen atoms in total. The number of aromatic nitrogens is 5. The van der Waals surface area contributed by atoms with Crippen molar-refractivity contribution in [3.63, 3.8) is 0 Å². The molecule has 0 saturated carbocycles. The second-order valence-electron chi connectivity index (χ2n) is 6.10. The summed E-state index contributed by atoms with van der Waals surface area (Å²) in [7, 11) is 1.85. The Morgan fingerprint density at radius 2 is 2.04 bits per heavy atom. The van der Waals surface area contributed by atoms with Crippen LogP contribution in [-0.4, -0.2) is 37.2 Å². The van der Waals surface area contributed by atoms with E-state index in [4.69, 9.17) is 5.73 Å². The standard InChI is InChI=1S/C18H19N7O/c1-24-15-6-3-2-5-13(15)17(22-24)20-18(26)12-7-8-16-14(11-12)21-23-25(16)10-4-9-19/h2-3,5-8,11H,4,9-10,19H2,1H3,(H,20,22,26). The molecular weight excluding hydrogens is 330 g/mol. The van der Waals surface area contributed by atoms with Crippen molar-refractivity contribution in [2.45, 2.75) is 13.0 Å². The van der Waals surface area contributed by atoms with Gasteiger partial charge in [-0.3, -0.25) is 9.48 Å². The van der Waals surface area contributed by atoms with Crippen LogP contribution in [0.5, 0.6) is 0 Å². The number of hydrogen-bond donors (Lipinski definition) is 2. The number of fused-ring (bicyclic) bond motifs is 2. The molecule has 0 saturated heterocycles. The molecule has 0 aliphatic heterocycles. The monoisotopic (exact) mass is 349 g/mol. The van der Waals surface area contributed by atoms with E-state index in [9.17, 15) is 4.79 Å². The Morgan fingerprint density at radius 1 is 1.19 bits per heavy atom. The van der Waals surface area contributed by atoms with Gasteiger partial charge in [0.1, 0.15) is 5.52 Å². The minimum atomic E-state index is -0.229. The summed E-state index contributed by atoms with van der Waals surface area (Å²) in [6.45, 7) is 1.30. The fourth-order valence-corrected chi connectivity index (χ4v) is 3.01. The second kappa shape index (κ2) is 6.57. The summed E-state index contributed by atoms with van der Waals surface area (Å²) in [5, 5.41) is 16.5. The van der Waals surface area contributed by atoms with Crippen molar-refractivity contribution in [3.8, 4) is 0 Å². The first-order valence-corrected chi connectivity index (χ1v) is 8.44. The summed E-state index contributed by atoms with van der Waals surface area (Å²) < 4.78 is 3.55. The number of carbonyl (C=O) groups is 1. The Hall–Kier alpha value is -3.26. The maximum atomic E-state index is 12.7. The van der Waals surface area contributed by atoms with Crippen molar-refractivity contribution in [2.24, 2.45) is 12.8 Å². The maximum absolute atomic E-state index is 12.7. The molecule has 0 atom stereocenters. The molecular formula is C18H19N7O. The van der Waals surface area contributed by atoms with Crippen LogP contribution in [0.3, 0.4) is 0 Å². The SMILES string of the molecule is Cn1nc(NC(=O)c2ccc3c(c2)nnn3CCCN)c2ccccc21. The molecule has 132 valence electrons. The molecule has 1 amide bonds. The van der Waals surface area contributed by atoms with Gasteiger partial charge in [-0.25, -0.2) is 4.68 Å². The molecule has 4 rings (SSSR count). The third-order valence-corrected chi connectivity index (χ3v) is 4.34. The molecule has 2 aromatic heterocycles. The van der Waals surface area contributed by atoms with Gasteiger partial charge >= 0.3 is 0 Å². The van der Waals surface area contributed by atoms with E-state index in [0.717, 1.165) is 22.8 Å². The molecule has 0 fully saturated rings. The highest BCUT2D eigenvalue weighted by atomic mass is 16.1. The van der Waals surface area contributed by atoms with Crippen LogP contribution in [0.15, 0.2) is 42.5 Å². The van der Waals surface area contributed by atoms with Crippen molar-refractivity contribution >= 4 is 33.7 Å². The van der Waals surface area contributed by atoms with Crippen molar-refractivity contribution in [2.75, 3.05) is 11.9 Å². The Kier molecular flexibility index (Phi) is 4.10. The summed E-state index contributed by atoms with van der Waals surface area (Å²) in [6, 6.07) is 13.1. The van der Waals surface area contributed by atoms with E-state index in [1.165, 1.54) is 0 Å². The fraction of sp³-hybridized carbons (Fsp3) is 0.222. The quantitative estimate of drug-likeness (QED) is 0.573. The first kappa shape index (κ1) is 16.2. The van der Waals surface area contributed by atoms with Crippen molar-refractivity contribution in [1.29, 1.82) is 0 Å². The van der Waals surface area contributed by atoms with Gasteiger partial charge in [-0.15, -0.1) is 5.10 Å². The van der Waals surface area contributed by atoms with Gasteiger partial charge in [-0.2, -0.15) is 5.10 Å². The van der Waals surface area contributed by atoms with E-state index in [1.807, 2.05) is 37.4 Å². The van der Waals surface area contributed by atoms with E-state index >= 15 is 0 Å². The summed E-state index contributed by atoms with van der Waals surface area (Å²) in [5.74, 6) is 0.312. The number of nitrogens with one attached hydrogen (secondary N) is 1. The summed E-state index contributed by atoms with van der Waals surface area (Å²) in [4.78, 5) is 12.7. The largest absolute Gasteiger partial charge is 0.330 e. The zero-order valence-corrected chi connectivity index (χ0v) is 14.4. The van der Waals surface area contributed by atoms with Crippen molar-refractivity contribution in [3.05, 3.63) is 48.0 Å². The van der Waals surface area contributed by atoms with Gasteiger partial charge in [-0.05, 0) is 43.3 Å². The molecule has 0 radical (unpaired) electrons. The van der Waals surface area contributed by atoms with Crippen LogP contribution in [0.2, 0.25) is 0 Å². The average molecular weight is 349 g/mol. The maximum Gasteiger partial charge on any atom is 0.256 e. The highest BCUT2D eigenvalue weighted by Gasteiger charge is 2.14. The fourth-order valence-electron chi connectivity index (χ4n) is 3.01. The molecule has 0 unspecified atom stereocenters. The molecule has 0 aliphatic rings. The third kappa shape index (κ3) is 2.80. The second-order valence-corrected chi connectivity index (χ2v) is 6.10. The average Bonchev–Trinajstić information content (AvgIpc) is 3.21. The van der Waals surface area contributed by atoms with Crippen molar-refractivity contribution < 1.29 is 4.79 Å². The molecule has 3 N–H and O–H groups in total. The van der Waals surface area contributed by atoms with Crippen LogP contribution in [-0.2, 0) is 13.6 Å². The Morgan fingerprint density at radius 3 is 2.88 bits per heavy atom. The minimum absolute atomic E-state index is 0.229. The topological polar surface area (TPSA) is 104 Å². The number of anilines is 1. The number of amides is 1. The lowest BCUT2D eigenvalue weighted by Crippen LogP contribution is -2.12. The van der Waals surface area contributed by atoms with Gasteiger partial charge in [0, 0.05) is 24.5 Å². The lowest BCUT2D eigenvalue weighted by Gasteiger charge is -2.04. The molecule has 2 aromatic carbocycles. The van der Waals surface area contributed by atoms with Gasteiger partial charge in [-0.1, -0.05) is 17.3 Å². The summed E-state index contributed by atoms with van der Waals surface area (Å²) in [5.41, 5.74) is 8.59. The Balaban J connectivity index is 1.61. The first-order chi connectivity index (χ1) is 12.7. The zero-order valence-electron chi connectivity index (χ0n) is 14.4.